The number of benzene rings is 3. The van der Waals surface area contributed by atoms with Crippen LogP contribution in [0.1, 0.15) is 23.6 Å². The number of nitriles is 1. The lowest BCUT2D eigenvalue weighted by atomic mass is 10.1. The Bertz CT molecular complexity index is 1340. The van der Waals surface area contributed by atoms with Gasteiger partial charge < -0.3 is 14.8 Å². The van der Waals surface area contributed by atoms with Crippen molar-refractivity contribution < 1.29 is 19.1 Å². The molecule has 2 N–H and O–H groups in total. The Morgan fingerprint density at radius 3 is 2.61 bits per heavy atom. The molecule has 0 fully saturated rings. The Balaban J connectivity index is 1.63. The number of hydrazone groups is 1. The Kier molecular flexibility index (Phi) is 9.84. The second kappa shape index (κ2) is 13.0. The largest absolute Gasteiger partial charge is 0.493 e. The van der Waals surface area contributed by atoms with Gasteiger partial charge in [0.15, 0.2) is 11.5 Å². The van der Waals surface area contributed by atoms with Crippen molar-refractivity contribution >= 4 is 62.2 Å². The smallest absolute Gasteiger partial charge is 0.252 e. The molecule has 0 aliphatic rings. The zero-order chi connectivity index (χ0) is 26.1. The highest BCUT2D eigenvalue weighted by Gasteiger charge is 2.22. The van der Waals surface area contributed by atoms with Crippen molar-refractivity contribution in [2.75, 3.05) is 12.4 Å². The molecule has 0 saturated heterocycles. The SMILES string of the molecule is COc1cc(C=NNC(=O)C(C)C(=O)Nc2ccccc2Br)cc(I)c1OCc1ccccc1C#N. The van der Waals surface area contributed by atoms with Crippen LogP contribution in [-0.4, -0.2) is 25.1 Å². The number of rotatable bonds is 9. The first-order valence-electron chi connectivity index (χ1n) is 10.7. The van der Waals surface area contributed by atoms with E-state index in [1.807, 2.05) is 24.3 Å². The van der Waals surface area contributed by atoms with E-state index in [0.717, 1.165) is 9.13 Å². The van der Waals surface area contributed by atoms with Crippen molar-refractivity contribution in [3.63, 3.8) is 0 Å². The molecular formula is C26H22BrIN4O4. The fraction of sp³-hybridized carbons (Fsp3) is 0.154. The van der Waals surface area contributed by atoms with E-state index < -0.39 is 17.7 Å². The molecule has 3 aromatic carbocycles. The van der Waals surface area contributed by atoms with Crippen LogP contribution in [0.5, 0.6) is 11.5 Å². The standard InChI is InChI=1S/C26H22BrIN4O4/c1-16(25(33)31-22-10-6-5-9-20(22)27)26(34)32-30-14-17-11-21(28)24(23(12-17)35-2)36-15-19-8-4-3-7-18(19)13-29/h3-12,14,16H,15H2,1-2H3,(H,31,33)(H,32,34). The Labute approximate surface area is 231 Å². The van der Waals surface area contributed by atoms with Crippen LogP contribution in [0, 0.1) is 20.8 Å². The van der Waals surface area contributed by atoms with E-state index >= 15 is 0 Å². The van der Waals surface area contributed by atoms with Crippen LogP contribution in [0.3, 0.4) is 0 Å². The summed E-state index contributed by atoms with van der Waals surface area (Å²) in [6.45, 7) is 1.71. The third-order valence-electron chi connectivity index (χ3n) is 5.07. The van der Waals surface area contributed by atoms with Gasteiger partial charge in [-0.2, -0.15) is 10.4 Å². The van der Waals surface area contributed by atoms with Crippen LogP contribution in [-0.2, 0) is 16.2 Å². The summed E-state index contributed by atoms with van der Waals surface area (Å²) < 4.78 is 12.9. The van der Waals surface area contributed by atoms with Crippen LogP contribution < -0.4 is 20.2 Å². The zero-order valence-corrected chi connectivity index (χ0v) is 23.2. The topological polar surface area (TPSA) is 113 Å². The van der Waals surface area contributed by atoms with E-state index in [1.165, 1.54) is 20.2 Å². The minimum atomic E-state index is -0.962. The van der Waals surface area contributed by atoms with Crippen LogP contribution in [0.4, 0.5) is 5.69 Å². The van der Waals surface area contributed by atoms with Gasteiger partial charge in [-0.15, -0.1) is 0 Å². The average Bonchev–Trinajstić information content (AvgIpc) is 2.88. The molecule has 36 heavy (non-hydrogen) atoms. The molecule has 0 radical (unpaired) electrons. The predicted molar refractivity (Wildman–Crippen MR) is 149 cm³/mol. The van der Waals surface area contributed by atoms with E-state index in [9.17, 15) is 14.9 Å². The first-order chi connectivity index (χ1) is 17.3. The monoisotopic (exact) mass is 660 g/mol. The molecule has 3 aromatic rings. The Morgan fingerprint density at radius 2 is 1.89 bits per heavy atom. The van der Waals surface area contributed by atoms with Gasteiger partial charge >= 0.3 is 0 Å². The molecule has 8 nitrogen and oxygen atoms in total. The van der Waals surface area contributed by atoms with E-state index in [4.69, 9.17) is 9.47 Å². The third kappa shape index (κ3) is 7.05. The van der Waals surface area contributed by atoms with Crippen molar-refractivity contribution in [2.24, 2.45) is 11.0 Å². The van der Waals surface area contributed by atoms with Crippen LogP contribution in [0.25, 0.3) is 0 Å². The van der Waals surface area contributed by atoms with E-state index in [1.54, 1.807) is 36.4 Å². The van der Waals surface area contributed by atoms with Crippen LogP contribution in [0.15, 0.2) is 70.2 Å². The molecule has 0 bridgehead atoms. The van der Waals surface area contributed by atoms with E-state index in [-0.39, 0.29) is 6.61 Å². The number of methoxy groups -OCH3 is 1. The minimum Gasteiger partial charge on any atom is -0.493 e. The van der Waals surface area contributed by atoms with Crippen LogP contribution >= 0.6 is 38.5 Å². The predicted octanol–water partition coefficient (Wildman–Crippen LogP) is 5.24. The number of nitrogens with one attached hydrogen (secondary N) is 2. The molecule has 1 unspecified atom stereocenters. The van der Waals surface area contributed by atoms with Gasteiger partial charge in [-0.25, -0.2) is 5.43 Å². The molecule has 3 rings (SSSR count). The first-order valence-corrected chi connectivity index (χ1v) is 12.6. The normalized spacial score (nSPS) is 11.4. The number of ether oxygens (including phenoxy) is 2. The number of anilines is 1. The molecule has 0 spiro atoms. The maximum atomic E-state index is 12.4. The summed E-state index contributed by atoms with van der Waals surface area (Å²) >= 11 is 5.48. The number of halogens is 2. The number of hydrogen-bond donors (Lipinski definition) is 2. The molecule has 0 aromatic heterocycles. The van der Waals surface area contributed by atoms with Gasteiger partial charge in [-0.3, -0.25) is 9.59 Å². The molecule has 2 amide bonds. The van der Waals surface area contributed by atoms with Crippen molar-refractivity contribution in [3.8, 4) is 17.6 Å². The van der Waals surface area contributed by atoms with Gasteiger partial charge in [-0.1, -0.05) is 30.3 Å². The summed E-state index contributed by atoms with van der Waals surface area (Å²) in [4.78, 5) is 24.8. The second-order valence-electron chi connectivity index (χ2n) is 7.52. The highest BCUT2D eigenvalue weighted by Crippen LogP contribution is 2.34. The number of amides is 2. The molecule has 184 valence electrons. The number of para-hydroxylation sites is 1. The molecule has 0 heterocycles. The quantitative estimate of drug-likeness (QED) is 0.141. The Morgan fingerprint density at radius 1 is 1.17 bits per heavy atom. The van der Waals surface area contributed by atoms with Gasteiger partial charge in [0.2, 0.25) is 5.91 Å². The second-order valence-corrected chi connectivity index (χ2v) is 9.53. The summed E-state index contributed by atoms with van der Waals surface area (Å²) in [5.74, 6) is -0.954. The van der Waals surface area contributed by atoms with Gasteiger partial charge in [0.1, 0.15) is 12.5 Å². The van der Waals surface area contributed by atoms with Gasteiger partial charge in [0.25, 0.3) is 5.91 Å². The fourth-order valence-corrected chi connectivity index (χ4v) is 4.21. The van der Waals surface area contributed by atoms with Crippen molar-refractivity contribution in [3.05, 3.63) is 85.4 Å². The summed E-state index contributed by atoms with van der Waals surface area (Å²) in [6, 6.07) is 20.0. The summed E-state index contributed by atoms with van der Waals surface area (Å²) in [5, 5.41) is 16.0. The Hall–Kier alpha value is -3.43. The van der Waals surface area contributed by atoms with E-state index in [2.05, 4.69) is 60.4 Å². The molecule has 10 heteroatoms. The fourth-order valence-electron chi connectivity index (χ4n) is 3.05. The van der Waals surface area contributed by atoms with Gasteiger partial charge in [-0.05, 0) is 81.3 Å². The average molecular weight is 661 g/mol. The van der Waals surface area contributed by atoms with E-state index in [0.29, 0.717) is 32.8 Å². The number of carbonyl (C=O) groups is 2. The van der Waals surface area contributed by atoms with Crippen molar-refractivity contribution in [1.29, 1.82) is 5.26 Å². The molecule has 1 atom stereocenters. The highest BCUT2D eigenvalue weighted by atomic mass is 127. The third-order valence-corrected chi connectivity index (χ3v) is 6.56. The van der Waals surface area contributed by atoms with Gasteiger partial charge in [0.05, 0.1) is 34.2 Å². The summed E-state index contributed by atoms with van der Waals surface area (Å²) in [5.41, 5.74) is 4.94. The molecule has 0 aliphatic heterocycles. The lowest BCUT2D eigenvalue weighted by molar-refractivity contribution is -0.131. The van der Waals surface area contributed by atoms with Crippen molar-refractivity contribution in [2.45, 2.75) is 13.5 Å². The molecule has 0 saturated carbocycles. The lowest BCUT2D eigenvalue weighted by Crippen LogP contribution is -2.34. The van der Waals surface area contributed by atoms with Gasteiger partial charge in [0, 0.05) is 10.0 Å². The van der Waals surface area contributed by atoms with Crippen LogP contribution in [0.2, 0.25) is 0 Å². The highest BCUT2D eigenvalue weighted by molar-refractivity contribution is 14.1. The summed E-state index contributed by atoms with van der Waals surface area (Å²) in [6.07, 6.45) is 1.45. The number of carbonyl (C=O) groups excluding carboxylic acids is 2. The first kappa shape index (κ1) is 27.2. The maximum Gasteiger partial charge on any atom is 0.252 e. The maximum absolute atomic E-state index is 12.4. The minimum absolute atomic E-state index is 0.207. The number of nitrogens with zero attached hydrogens (tertiary/aromatic N) is 2. The van der Waals surface area contributed by atoms with Crippen molar-refractivity contribution in [1.82, 2.24) is 5.43 Å². The lowest BCUT2D eigenvalue weighted by Gasteiger charge is -2.14. The molecular weight excluding hydrogens is 639 g/mol. The molecule has 0 aliphatic carbocycles. The summed E-state index contributed by atoms with van der Waals surface area (Å²) in [7, 11) is 1.52. The number of hydrogen-bond acceptors (Lipinski definition) is 6. The zero-order valence-electron chi connectivity index (χ0n) is 19.4.